The third-order valence-corrected chi connectivity index (χ3v) is 3.16. The zero-order chi connectivity index (χ0) is 10.6. The van der Waals surface area contributed by atoms with Gasteiger partial charge in [-0.3, -0.25) is 0 Å². The molecule has 1 rings (SSSR count). The van der Waals surface area contributed by atoms with Crippen molar-refractivity contribution in [1.82, 2.24) is 10.2 Å². The maximum Gasteiger partial charge on any atom is 0.0700 e. The van der Waals surface area contributed by atoms with Gasteiger partial charge < -0.3 is 15.0 Å². The molecule has 3 heteroatoms. The number of likely N-dealkylation sites (N-methyl/N-ethyl adjacent to an activating group) is 1. The van der Waals surface area contributed by atoms with Gasteiger partial charge in [-0.2, -0.15) is 0 Å². The molecule has 0 aliphatic carbocycles. The molecule has 1 fully saturated rings. The zero-order valence-corrected chi connectivity index (χ0v) is 9.97. The van der Waals surface area contributed by atoms with Crippen molar-refractivity contribution in [3.05, 3.63) is 0 Å². The summed E-state index contributed by atoms with van der Waals surface area (Å²) in [4.78, 5) is 2.25. The third-order valence-electron chi connectivity index (χ3n) is 3.16. The van der Waals surface area contributed by atoms with Crippen LogP contribution in [0.2, 0.25) is 0 Å². The molecule has 0 radical (unpaired) electrons. The van der Waals surface area contributed by atoms with E-state index in [2.05, 4.69) is 38.2 Å². The number of hydrogen-bond acceptors (Lipinski definition) is 3. The molecule has 0 aromatic rings. The second-order valence-electron chi connectivity index (χ2n) is 4.97. The van der Waals surface area contributed by atoms with Crippen LogP contribution < -0.4 is 5.32 Å². The van der Waals surface area contributed by atoms with Gasteiger partial charge in [-0.05, 0) is 40.8 Å². The van der Waals surface area contributed by atoms with Crippen LogP contribution in [-0.4, -0.2) is 50.3 Å². The van der Waals surface area contributed by atoms with Crippen molar-refractivity contribution in [3.63, 3.8) is 0 Å². The van der Waals surface area contributed by atoms with Gasteiger partial charge >= 0.3 is 0 Å². The maximum absolute atomic E-state index is 5.55. The molecule has 1 N–H and O–H groups in total. The summed E-state index contributed by atoms with van der Waals surface area (Å²) < 4.78 is 5.55. The minimum atomic E-state index is 0.221. The number of ether oxygens (including phenoxy) is 1. The molecule has 0 spiro atoms. The Labute approximate surface area is 87.8 Å². The van der Waals surface area contributed by atoms with E-state index in [4.69, 9.17) is 4.74 Å². The van der Waals surface area contributed by atoms with E-state index >= 15 is 0 Å². The van der Waals surface area contributed by atoms with E-state index in [1.54, 1.807) is 0 Å². The Balaban J connectivity index is 2.13. The van der Waals surface area contributed by atoms with Crippen LogP contribution in [0.3, 0.4) is 0 Å². The molecule has 0 saturated carbocycles. The summed E-state index contributed by atoms with van der Waals surface area (Å²) in [6.07, 6.45) is 2.90. The van der Waals surface area contributed by atoms with Gasteiger partial charge in [0.15, 0.2) is 0 Å². The molecule has 14 heavy (non-hydrogen) atoms. The quantitative estimate of drug-likeness (QED) is 0.719. The van der Waals surface area contributed by atoms with Crippen LogP contribution in [0, 0.1) is 0 Å². The van der Waals surface area contributed by atoms with Gasteiger partial charge in [-0.25, -0.2) is 0 Å². The van der Waals surface area contributed by atoms with E-state index in [1.165, 1.54) is 12.8 Å². The highest BCUT2D eigenvalue weighted by Crippen LogP contribution is 2.12. The summed E-state index contributed by atoms with van der Waals surface area (Å²) in [5, 5.41) is 3.48. The van der Waals surface area contributed by atoms with Crippen molar-refractivity contribution in [1.29, 1.82) is 0 Å². The standard InChI is InChI=1S/C11H24N2O/c1-11(2,13(3)4)9-12-8-10-6-5-7-14-10/h10,12H,5-9H2,1-4H3. The fourth-order valence-electron chi connectivity index (χ4n) is 1.50. The Bertz CT molecular complexity index is 163. The SMILES string of the molecule is CN(C)C(C)(C)CNCC1CCCO1. The molecule has 0 bridgehead atoms. The predicted octanol–water partition coefficient (Wildman–Crippen LogP) is 1.10. The van der Waals surface area contributed by atoms with Crippen LogP contribution in [-0.2, 0) is 4.74 Å². The molecule has 1 saturated heterocycles. The highest BCUT2D eigenvalue weighted by molar-refractivity contribution is 4.80. The number of hydrogen-bond donors (Lipinski definition) is 1. The molecule has 1 aliphatic heterocycles. The fourth-order valence-corrected chi connectivity index (χ4v) is 1.50. The van der Waals surface area contributed by atoms with Gasteiger partial charge in [-0.15, -0.1) is 0 Å². The minimum Gasteiger partial charge on any atom is -0.377 e. The van der Waals surface area contributed by atoms with E-state index in [9.17, 15) is 0 Å². The second kappa shape index (κ2) is 5.10. The van der Waals surface area contributed by atoms with Crippen LogP contribution >= 0.6 is 0 Å². The summed E-state index contributed by atoms with van der Waals surface area (Å²) in [7, 11) is 4.24. The average molecular weight is 200 g/mol. The van der Waals surface area contributed by atoms with Crippen molar-refractivity contribution in [3.8, 4) is 0 Å². The monoisotopic (exact) mass is 200 g/mol. The van der Waals surface area contributed by atoms with Gasteiger partial charge in [-0.1, -0.05) is 0 Å². The molecule has 1 atom stereocenters. The first-order chi connectivity index (χ1) is 6.52. The average Bonchev–Trinajstić information content (AvgIpc) is 2.56. The number of nitrogens with one attached hydrogen (secondary N) is 1. The molecule has 0 aromatic carbocycles. The second-order valence-corrected chi connectivity index (χ2v) is 4.97. The smallest absolute Gasteiger partial charge is 0.0700 e. The lowest BCUT2D eigenvalue weighted by atomic mass is 10.0. The Morgan fingerprint density at radius 3 is 2.64 bits per heavy atom. The largest absolute Gasteiger partial charge is 0.377 e. The van der Waals surface area contributed by atoms with Crippen molar-refractivity contribution in [2.75, 3.05) is 33.8 Å². The minimum absolute atomic E-state index is 0.221. The predicted molar refractivity (Wildman–Crippen MR) is 59.6 cm³/mol. The molecule has 1 heterocycles. The Kier molecular flexibility index (Phi) is 4.35. The lowest BCUT2D eigenvalue weighted by molar-refractivity contribution is 0.104. The Hall–Kier alpha value is -0.120. The topological polar surface area (TPSA) is 24.5 Å². The number of nitrogens with zero attached hydrogens (tertiary/aromatic N) is 1. The van der Waals surface area contributed by atoms with Crippen molar-refractivity contribution >= 4 is 0 Å². The first-order valence-electron chi connectivity index (χ1n) is 5.52. The fraction of sp³-hybridized carbons (Fsp3) is 1.00. The van der Waals surface area contributed by atoms with Gasteiger partial charge in [0, 0.05) is 25.2 Å². The summed E-state index contributed by atoms with van der Waals surface area (Å²) in [5.74, 6) is 0. The number of rotatable bonds is 5. The van der Waals surface area contributed by atoms with Crippen LogP contribution in [0.1, 0.15) is 26.7 Å². The van der Waals surface area contributed by atoms with E-state index in [-0.39, 0.29) is 5.54 Å². The zero-order valence-electron chi connectivity index (χ0n) is 9.97. The van der Waals surface area contributed by atoms with E-state index in [1.807, 2.05) is 0 Å². The van der Waals surface area contributed by atoms with Crippen LogP contribution in [0.5, 0.6) is 0 Å². The molecular formula is C11H24N2O. The Morgan fingerprint density at radius 1 is 1.43 bits per heavy atom. The van der Waals surface area contributed by atoms with Crippen molar-refractivity contribution in [2.24, 2.45) is 0 Å². The van der Waals surface area contributed by atoms with Crippen molar-refractivity contribution in [2.45, 2.75) is 38.3 Å². The Morgan fingerprint density at radius 2 is 2.14 bits per heavy atom. The summed E-state index contributed by atoms with van der Waals surface area (Å²) >= 11 is 0. The van der Waals surface area contributed by atoms with Gasteiger partial charge in [0.25, 0.3) is 0 Å². The van der Waals surface area contributed by atoms with E-state index < -0.39 is 0 Å². The molecule has 1 aliphatic rings. The van der Waals surface area contributed by atoms with Crippen LogP contribution in [0.15, 0.2) is 0 Å². The maximum atomic E-state index is 5.55. The molecule has 1 unspecified atom stereocenters. The van der Waals surface area contributed by atoms with Gasteiger partial charge in [0.05, 0.1) is 6.10 Å². The first kappa shape index (κ1) is 12.0. The normalized spacial score (nSPS) is 23.4. The van der Waals surface area contributed by atoms with Gasteiger partial charge in [0.2, 0.25) is 0 Å². The summed E-state index contributed by atoms with van der Waals surface area (Å²) in [6.45, 7) is 7.45. The third kappa shape index (κ3) is 3.56. The molecule has 0 aromatic heterocycles. The highest BCUT2D eigenvalue weighted by atomic mass is 16.5. The lowest BCUT2D eigenvalue weighted by Crippen LogP contribution is -2.48. The van der Waals surface area contributed by atoms with Crippen LogP contribution in [0.25, 0.3) is 0 Å². The molecule has 0 amide bonds. The lowest BCUT2D eigenvalue weighted by Gasteiger charge is -2.33. The van der Waals surface area contributed by atoms with E-state index in [0.717, 1.165) is 19.7 Å². The van der Waals surface area contributed by atoms with Gasteiger partial charge in [0.1, 0.15) is 0 Å². The first-order valence-corrected chi connectivity index (χ1v) is 5.52. The highest BCUT2D eigenvalue weighted by Gasteiger charge is 2.21. The summed E-state index contributed by atoms with van der Waals surface area (Å²) in [6, 6.07) is 0. The van der Waals surface area contributed by atoms with E-state index in [0.29, 0.717) is 6.10 Å². The molecule has 3 nitrogen and oxygen atoms in total. The molecular weight excluding hydrogens is 176 g/mol. The van der Waals surface area contributed by atoms with Crippen LogP contribution in [0.4, 0.5) is 0 Å². The molecule has 84 valence electrons. The van der Waals surface area contributed by atoms with Crippen molar-refractivity contribution < 1.29 is 4.74 Å². The summed E-state index contributed by atoms with van der Waals surface area (Å²) in [5.41, 5.74) is 0.221.